The van der Waals surface area contributed by atoms with E-state index in [0.29, 0.717) is 17.2 Å². The highest BCUT2D eigenvalue weighted by Gasteiger charge is 2.36. The fourth-order valence-electron chi connectivity index (χ4n) is 3.03. The zero-order chi connectivity index (χ0) is 21.7. The van der Waals surface area contributed by atoms with E-state index in [1.807, 2.05) is 0 Å². The summed E-state index contributed by atoms with van der Waals surface area (Å²) in [6.07, 6.45) is -0.954. The second kappa shape index (κ2) is 9.25. The molecule has 0 radical (unpaired) electrons. The number of para-hydroxylation sites is 2. The number of hydrogen-bond acceptors (Lipinski definition) is 6. The fraction of sp³-hybridized carbons (Fsp3) is 0.381. The lowest BCUT2D eigenvalue weighted by atomic mass is 10.2. The molecule has 1 N–H and O–H groups in total. The van der Waals surface area contributed by atoms with Gasteiger partial charge in [-0.15, -0.1) is 0 Å². The number of rotatable bonds is 8. The van der Waals surface area contributed by atoms with Crippen LogP contribution in [-0.4, -0.2) is 52.5 Å². The molecule has 9 heteroatoms. The van der Waals surface area contributed by atoms with E-state index in [1.165, 1.54) is 4.31 Å². The van der Waals surface area contributed by atoms with E-state index in [1.54, 1.807) is 69.5 Å². The average Bonchev–Trinajstić information content (AvgIpc) is 2.77. The summed E-state index contributed by atoms with van der Waals surface area (Å²) in [4.78, 5) is 12.7. The van der Waals surface area contributed by atoms with Crippen molar-refractivity contribution < 1.29 is 27.4 Å². The number of methoxy groups -OCH3 is 1. The number of nitrogens with one attached hydrogen (secondary N) is 1. The molecule has 2 aromatic carbocycles. The minimum Gasteiger partial charge on any atom is -0.497 e. The molecule has 0 aromatic heterocycles. The van der Waals surface area contributed by atoms with Gasteiger partial charge in [0, 0.05) is 0 Å². The summed E-state index contributed by atoms with van der Waals surface area (Å²) in [5.41, 5.74) is 0.444. The Morgan fingerprint density at radius 3 is 2.53 bits per heavy atom. The lowest BCUT2D eigenvalue weighted by Gasteiger charge is -2.34. The highest BCUT2D eigenvalue weighted by molar-refractivity contribution is 7.92. The highest BCUT2D eigenvalue weighted by Crippen LogP contribution is 2.35. The van der Waals surface area contributed by atoms with Crippen molar-refractivity contribution in [1.82, 2.24) is 5.32 Å². The van der Waals surface area contributed by atoms with Gasteiger partial charge in [0.2, 0.25) is 10.0 Å². The van der Waals surface area contributed by atoms with Crippen LogP contribution in [0.15, 0.2) is 48.5 Å². The Hall–Kier alpha value is -2.94. The Kier molecular flexibility index (Phi) is 6.71. The molecule has 0 aliphatic carbocycles. The third-order valence-electron chi connectivity index (χ3n) is 4.68. The fourth-order valence-corrected chi connectivity index (χ4v) is 4.15. The number of carbonyl (C=O) groups is 1. The molecule has 2 atom stereocenters. The number of sulfonamides is 1. The van der Waals surface area contributed by atoms with Crippen LogP contribution in [0.2, 0.25) is 0 Å². The Balaban J connectivity index is 1.63. The van der Waals surface area contributed by atoms with Crippen LogP contribution in [0.25, 0.3) is 0 Å². The molecule has 0 unspecified atom stereocenters. The molecule has 1 amide bonds. The third-order valence-corrected chi connectivity index (χ3v) is 6.42. The van der Waals surface area contributed by atoms with Gasteiger partial charge in [-0.1, -0.05) is 12.1 Å². The number of carbonyl (C=O) groups excluding carboxylic acids is 1. The SMILES string of the molecule is CCS(=O)(=O)N1C[C@H](C(=O)N[C@H](C)COc2ccc(OC)cc2)Oc2ccccc21. The average molecular weight is 435 g/mol. The highest BCUT2D eigenvalue weighted by atomic mass is 32.2. The van der Waals surface area contributed by atoms with Crippen LogP contribution in [0.4, 0.5) is 5.69 Å². The van der Waals surface area contributed by atoms with Crippen LogP contribution in [0.3, 0.4) is 0 Å². The maximum absolute atomic E-state index is 12.7. The molecule has 0 fully saturated rings. The van der Waals surface area contributed by atoms with Crippen molar-refractivity contribution in [3.8, 4) is 17.2 Å². The summed E-state index contributed by atoms with van der Waals surface area (Å²) in [5.74, 6) is 1.28. The molecule has 0 saturated carbocycles. The first-order valence-corrected chi connectivity index (χ1v) is 11.3. The maximum Gasteiger partial charge on any atom is 0.263 e. The van der Waals surface area contributed by atoms with Crippen LogP contribution < -0.4 is 23.8 Å². The molecule has 1 heterocycles. The van der Waals surface area contributed by atoms with Gasteiger partial charge in [0.05, 0.1) is 31.1 Å². The topological polar surface area (TPSA) is 94.2 Å². The summed E-state index contributed by atoms with van der Waals surface area (Å²) in [6.45, 7) is 3.54. The van der Waals surface area contributed by atoms with E-state index in [-0.39, 0.29) is 24.9 Å². The Morgan fingerprint density at radius 1 is 1.20 bits per heavy atom. The van der Waals surface area contributed by atoms with Crippen LogP contribution >= 0.6 is 0 Å². The zero-order valence-corrected chi connectivity index (χ0v) is 18.0. The number of hydrogen-bond donors (Lipinski definition) is 1. The Bertz CT molecular complexity index is 977. The Morgan fingerprint density at radius 2 is 1.87 bits per heavy atom. The van der Waals surface area contributed by atoms with Gasteiger partial charge in [-0.25, -0.2) is 8.42 Å². The lowest BCUT2D eigenvalue weighted by molar-refractivity contribution is -0.128. The summed E-state index contributed by atoms with van der Waals surface area (Å²) in [6, 6.07) is 13.6. The Labute approximate surface area is 176 Å². The van der Waals surface area contributed by atoms with Crippen LogP contribution in [0.5, 0.6) is 17.2 Å². The minimum atomic E-state index is -3.54. The predicted molar refractivity (Wildman–Crippen MR) is 114 cm³/mol. The van der Waals surface area contributed by atoms with Gasteiger partial charge in [-0.2, -0.15) is 0 Å². The van der Waals surface area contributed by atoms with E-state index in [9.17, 15) is 13.2 Å². The van der Waals surface area contributed by atoms with E-state index >= 15 is 0 Å². The standard InChI is InChI=1S/C21H26N2O6S/c1-4-30(25,26)23-13-20(29-19-8-6-5-7-18(19)23)21(24)22-15(2)14-28-17-11-9-16(27-3)10-12-17/h5-12,15,20H,4,13-14H2,1-3H3,(H,22,24)/t15-,20-/m1/s1. The molecule has 162 valence electrons. The van der Waals surface area contributed by atoms with Gasteiger partial charge in [0.1, 0.15) is 23.9 Å². The maximum atomic E-state index is 12.7. The van der Waals surface area contributed by atoms with Crippen LogP contribution in [-0.2, 0) is 14.8 Å². The number of anilines is 1. The van der Waals surface area contributed by atoms with Gasteiger partial charge >= 0.3 is 0 Å². The van der Waals surface area contributed by atoms with Gasteiger partial charge < -0.3 is 19.5 Å². The van der Waals surface area contributed by atoms with E-state index in [4.69, 9.17) is 14.2 Å². The zero-order valence-electron chi connectivity index (χ0n) is 17.2. The van der Waals surface area contributed by atoms with Crippen LogP contribution in [0, 0.1) is 0 Å². The number of benzene rings is 2. The molecule has 1 aliphatic rings. The van der Waals surface area contributed by atoms with Gasteiger partial charge in [0.25, 0.3) is 5.91 Å². The van der Waals surface area contributed by atoms with E-state index in [2.05, 4.69) is 5.32 Å². The quantitative estimate of drug-likeness (QED) is 0.685. The van der Waals surface area contributed by atoms with Gasteiger partial charge in [-0.3, -0.25) is 9.10 Å². The first-order valence-electron chi connectivity index (χ1n) is 9.67. The number of nitrogens with zero attached hydrogens (tertiary/aromatic N) is 1. The predicted octanol–water partition coefficient (Wildman–Crippen LogP) is 2.20. The van der Waals surface area contributed by atoms with Crippen molar-refractivity contribution in [2.75, 3.05) is 30.3 Å². The van der Waals surface area contributed by atoms with Crippen molar-refractivity contribution in [3.63, 3.8) is 0 Å². The number of fused-ring (bicyclic) bond motifs is 1. The van der Waals surface area contributed by atoms with Crippen molar-refractivity contribution in [1.29, 1.82) is 0 Å². The molecule has 0 spiro atoms. The third kappa shape index (κ3) is 4.96. The van der Waals surface area contributed by atoms with E-state index in [0.717, 1.165) is 5.75 Å². The van der Waals surface area contributed by atoms with Crippen molar-refractivity contribution in [3.05, 3.63) is 48.5 Å². The van der Waals surface area contributed by atoms with Gasteiger partial charge in [0.15, 0.2) is 6.10 Å². The van der Waals surface area contributed by atoms with Crippen LogP contribution in [0.1, 0.15) is 13.8 Å². The molecule has 0 bridgehead atoms. The molecule has 8 nitrogen and oxygen atoms in total. The normalized spacial score (nSPS) is 16.8. The molecule has 3 rings (SSSR count). The molecular formula is C21H26N2O6S. The van der Waals surface area contributed by atoms with Crippen molar-refractivity contribution in [2.24, 2.45) is 0 Å². The smallest absolute Gasteiger partial charge is 0.263 e. The van der Waals surface area contributed by atoms with Crippen molar-refractivity contribution in [2.45, 2.75) is 26.0 Å². The second-order valence-corrected chi connectivity index (χ2v) is 9.08. The minimum absolute atomic E-state index is 0.0677. The molecule has 1 aliphatic heterocycles. The molecule has 30 heavy (non-hydrogen) atoms. The lowest BCUT2D eigenvalue weighted by Crippen LogP contribution is -2.53. The number of amides is 1. The molecule has 0 saturated heterocycles. The number of ether oxygens (including phenoxy) is 3. The van der Waals surface area contributed by atoms with E-state index < -0.39 is 22.0 Å². The van der Waals surface area contributed by atoms with Crippen molar-refractivity contribution >= 4 is 21.6 Å². The largest absolute Gasteiger partial charge is 0.497 e. The first kappa shape index (κ1) is 21.8. The first-order chi connectivity index (χ1) is 14.3. The summed E-state index contributed by atoms with van der Waals surface area (Å²) in [5, 5.41) is 2.83. The summed E-state index contributed by atoms with van der Waals surface area (Å²) >= 11 is 0. The summed E-state index contributed by atoms with van der Waals surface area (Å²) in [7, 11) is -1.95. The summed E-state index contributed by atoms with van der Waals surface area (Å²) < 4.78 is 42.9. The molecule has 2 aromatic rings. The van der Waals surface area contributed by atoms with Gasteiger partial charge in [-0.05, 0) is 50.2 Å². The monoisotopic (exact) mass is 434 g/mol. The second-order valence-electron chi connectivity index (χ2n) is 6.90. The molecular weight excluding hydrogens is 408 g/mol.